The highest BCUT2D eigenvalue weighted by atomic mass is 16.5. The number of H-pyrrole nitrogens is 2. The summed E-state index contributed by atoms with van der Waals surface area (Å²) in [7, 11) is 0. The second-order valence-electron chi connectivity index (χ2n) is 10.5. The number of aliphatic imine (C=N–C) groups is 2. The van der Waals surface area contributed by atoms with Gasteiger partial charge in [-0.05, 0) is 0 Å². The summed E-state index contributed by atoms with van der Waals surface area (Å²) in [6.07, 6.45) is -3.54. The van der Waals surface area contributed by atoms with Gasteiger partial charge in [0.15, 0.2) is 46.7 Å². The molecule has 0 aliphatic carbocycles. The highest BCUT2D eigenvalue weighted by Crippen LogP contribution is 2.33. The molecule has 2 saturated heterocycles. The van der Waals surface area contributed by atoms with E-state index in [1.807, 2.05) is 0 Å². The average Bonchev–Trinajstić information content (AvgIpc) is 3.72. The summed E-state index contributed by atoms with van der Waals surface area (Å²) >= 11 is 0. The van der Waals surface area contributed by atoms with E-state index in [2.05, 4.69) is 50.5 Å². The minimum atomic E-state index is -1.24. The van der Waals surface area contributed by atoms with Crippen molar-refractivity contribution >= 4 is 46.1 Å². The largest absolute Gasteiger partial charge is 0.386 e. The van der Waals surface area contributed by atoms with E-state index in [4.69, 9.17) is 32.4 Å². The highest BCUT2D eigenvalue weighted by Gasteiger charge is 2.48. The molecule has 7 rings (SSSR count). The number of rotatable bonds is 2. The summed E-state index contributed by atoms with van der Waals surface area (Å²) in [5.74, 6) is -0.365. The molecule has 3 aliphatic heterocycles. The number of ether oxygens (including phenoxy) is 2. The first-order valence-electron chi connectivity index (χ1n) is 13.3. The number of aliphatic hydroxyl groups excluding tert-OH is 2. The summed E-state index contributed by atoms with van der Waals surface area (Å²) in [6.45, 7) is -0.119. The number of aliphatic hydroxyl groups is 2. The van der Waals surface area contributed by atoms with E-state index in [0.717, 1.165) is 0 Å². The van der Waals surface area contributed by atoms with Crippen molar-refractivity contribution in [3.63, 3.8) is 0 Å². The zero-order chi connectivity index (χ0) is 30.9. The molecule has 232 valence electrons. The second-order valence-corrected chi connectivity index (χ2v) is 10.5. The average molecular weight is 613 g/mol. The van der Waals surface area contributed by atoms with Crippen LogP contribution in [-0.2, 0) is 9.47 Å². The lowest BCUT2D eigenvalue weighted by Gasteiger charge is -2.24. The van der Waals surface area contributed by atoms with Crippen LogP contribution >= 0.6 is 0 Å². The molecule has 2 fully saturated rings. The third-order valence-corrected chi connectivity index (χ3v) is 7.71. The van der Waals surface area contributed by atoms with Crippen LogP contribution in [0.3, 0.4) is 0 Å². The van der Waals surface area contributed by atoms with E-state index in [1.165, 1.54) is 21.8 Å². The van der Waals surface area contributed by atoms with Crippen molar-refractivity contribution in [3.8, 4) is 0 Å². The van der Waals surface area contributed by atoms with Gasteiger partial charge in [0.1, 0.15) is 24.4 Å². The summed E-state index contributed by atoms with van der Waals surface area (Å²) in [5, 5.41) is 28.5. The predicted octanol–water partition coefficient (Wildman–Crippen LogP) is -5.51. The van der Waals surface area contributed by atoms with E-state index in [-0.39, 0.29) is 59.2 Å². The van der Waals surface area contributed by atoms with Gasteiger partial charge in [0.25, 0.3) is 11.1 Å². The van der Waals surface area contributed by atoms with Crippen molar-refractivity contribution in [2.75, 3.05) is 24.6 Å². The van der Waals surface area contributed by atoms with Crippen molar-refractivity contribution in [3.05, 3.63) is 33.4 Å². The van der Waals surface area contributed by atoms with Gasteiger partial charge >= 0.3 is 0 Å². The number of guanidine groups is 2. The van der Waals surface area contributed by atoms with Gasteiger partial charge in [0, 0.05) is 0 Å². The third kappa shape index (κ3) is 4.43. The maximum Gasteiger partial charge on any atom is 0.280 e. The normalized spacial score (nSPS) is 30.9. The maximum absolute atomic E-state index is 12.3. The number of aromatic nitrogens is 8. The van der Waals surface area contributed by atoms with Crippen LogP contribution in [-0.4, -0.2) is 111 Å². The first-order chi connectivity index (χ1) is 21.1. The van der Waals surface area contributed by atoms with Gasteiger partial charge in [-0.1, -0.05) is 0 Å². The number of nitrogens with one attached hydrogen (secondary N) is 4. The fourth-order valence-electron chi connectivity index (χ4n) is 5.68. The van der Waals surface area contributed by atoms with E-state index >= 15 is 0 Å². The van der Waals surface area contributed by atoms with Gasteiger partial charge < -0.3 is 53.3 Å². The van der Waals surface area contributed by atoms with Crippen LogP contribution in [0.15, 0.2) is 32.2 Å². The van der Waals surface area contributed by atoms with Gasteiger partial charge in [-0.25, -0.2) is 9.97 Å². The number of nitrogens with zero attached hydrogens (tertiary/aromatic N) is 8. The minimum absolute atomic E-state index is 0.0135. The number of fused-ring (bicyclic) bond motifs is 4. The van der Waals surface area contributed by atoms with Crippen molar-refractivity contribution in [2.24, 2.45) is 21.5 Å². The molecule has 4 aromatic heterocycles. The molecule has 44 heavy (non-hydrogen) atoms. The maximum atomic E-state index is 12.3. The predicted molar refractivity (Wildman–Crippen MR) is 152 cm³/mol. The van der Waals surface area contributed by atoms with E-state index in [1.54, 1.807) is 0 Å². The van der Waals surface area contributed by atoms with Crippen LogP contribution in [0.2, 0.25) is 0 Å². The Bertz CT molecular complexity index is 1790. The Labute approximate surface area is 244 Å². The first-order valence-corrected chi connectivity index (χ1v) is 13.3. The first kappa shape index (κ1) is 27.5. The van der Waals surface area contributed by atoms with Gasteiger partial charge in [0.05, 0.1) is 37.8 Å². The molecule has 14 N–H and O–H groups in total. The molecule has 3 aliphatic rings. The van der Waals surface area contributed by atoms with E-state index < -0.39 is 60.1 Å². The van der Waals surface area contributed by atoms with Crippen LogP contribution in [0.4, 0.5) is 11.9 Å². The molecule has 22 nitrogen and oxygen atoms in total. The van der Waals surface area contributed by atoms with Crippen molar-refractivity contribution < 1.29 is 19.7 Å². The Morgan fingerprint density at radius 1 is 0.727 bits per heavy atom. The standard InChI is InChI=1S/C22H28N16O6/c23-19-27-1-5-7(11(39)17(43-5)37-3-29-9-13(37)33-21(25)35-15(9)41)31-20(24)28-2-6-8(32-19)12(40)18(44-6)38-4-30-10-14(38)34-22(26)36-16(10)42/h3-8,11-12,17-18,39-40H,1-2H2,(H3,23,27,32)(H3,24,28,31)(H3,25,33,35,41)(H3,26,34,36,42)/t5-,6-,7?,8?,11+,12+,17-,18-/m1/s1. The smallest absolute Gasteiger partial charge is 0.280 e. The van der Waals surface area contributed by atoms with Crippen molar-refractivity contribution in [1.82, 2.24) is 49.7 Å². The summed E-state index contributed by atoms with van der Waals surface area (Å²) in [4.78, 5) is 54.4. The minimum Gasteiger partial charge on any atom is -0.386 e. The molecule has 0 radical (unpaired) electrons. The summed E-state index contributed by atoms with van der Waals surface area (Å²) in [6, 6.07) is -1.66. The zero-order valence-corrected chi connectivity index (χ0v) is 22.6. The lowest BCUT2D eigenvalue weighted by Crippen LogP contribution is -2.53. The fraction of sp³-hybridized carbons (Fsp3) is 0.455. The zero-order valence-electron chi connectivity index (χ0n) is 22.6. The molecule has 8 atom stereocenters. The summed E-state index contributed by atoms with van der Waals surface area (Å²) in [5.41, 5.74) is 23.0. The van der Waals surface area contributed by atoms with Gasteiger partial charge in [-0.3, -0.25) is 38.7 Å². The molecule has 0 amide bonds. The van der Waals surface area contributed by atoms with Crippen LogP contribution in [0.1, 0.15) is 12.5 Å². The van der Waals surface area contributed by atoms with Crippen LogP contribution < -0.4 is 44.7 Å². The monoisotopic (exact) mass is 612 g/mol. The number of anilines is 2. The molecular weight excluding hydrogens is 584 g/mol. The number of hydrogen-bond acceptors (Lipinski definition) is 18. The second kappa shape index (κ2) is 10.1. The van der Waals surface area contributed by atoms with Crippen molar-refractivity contribution in [1.29, 1.82) is 0 Å². The van der Waals surface area contributed by atoms with E-state index in [0.29, 0.717) is 0 Å². The molecular formula is C22H28N16O6. The molecule has 22 heteroatoms. The number of hydrogen-bond donors (Lipinski definition) is 10. The van der Waals surface area contributed by atoms with Gasteiger partial charge in [-0.15, -0.1) is 0 Å². The number of aromatic amines is 2. The highest BCUT2D eigenvalue weighted by molar-refractivity contribution is 5.79. The van der Waals surface area contributed by atoms with Crippen LogP contribution in [0, 0.1) is 0 Å². The Balaban J connectivity index is 1.17. The van der Waals surface area contributed by atoms with Gasteiger partial charge in [-0.2, -0.15) is 9.97 Å². The van der Waals surface area contributed by atoms with Crippen LogP contribution in [0.5, 0.6) is 0 Å². The lowest BCUT2D eigenvalue weighted by atomic mass is 10.1. The SMILES string of the molecule is NC1=NC[C@H]2O[C@@H](n3cnc4c(=O)[nH]c(N)nc43)[C@@H](O)C2NC(N)=NC[C@H]2O[C@@H](n3cnc4c(=O)[nH]c(N)nc43)[C@@H](O)C2N1. The summed E-state index contributed by atoms with van der Waals surface area (Å²) < 4.78 is 15.0. The molecule has 4 aromatic rings. The number of nitrogens with two attached hydrogens (primary N) is 4. The van der Waals surface area contributed by atoms with E-state index in [9.17, 15) is 19.8 Å². The Hall–Kier alpha value is -5.32. The Morgan fingerprint density at radius 3 is 1.55 bits per heavy atom. The number of imidazole rings is 2. The fourth-order valence-corrected chi connectivity index (χ4v) is 5.68. The van der Waals surface area contributed by atoms with Crippen molar-refractivity contribution in [2.45, 2.75) is 49.0 Å². The lowest BCUT2D eigenvalue weighted by molar-refractivity contribution is -0.0321. The molecule has 0 bridgehead atoms. The molecule has 0 aromatic carbocycles. The van der Waals surface area contributed by atoms with Gasteiger partial charge in [0.2, 0.25) is 11.9 Å². The Morgan fingerprint density at radius 2 is 1.14 bits per heavy atom. The third-order valence-electron chi connectivity index (χ3n) is 7.71. The quantitative estimate of drug-likeness (QED) is 0.101. The van der Waals surface area contributed by atoms with Crippen LogP contribution in [0.25, 0.3) is 22.3 Å². The Kier molecular flexibility index (Phi) is 6.34. The molecule has 7 heterocycles. The molecule has 0 spiro atoms. The number of nitrogen functional groups attached to an aromatic ring is 2. The molecule has 2 unspecified atom stereocenters. The topological polar surface area (TPSA) is 339 Å². The molecule has 0 saturated carbocycles.